The van der Waals surface area contributed by atoms with Crippen LogP contribution in [0, 0.1) is 11.7 Å². The molecule has 8 heteroatoms. The van der Waals surface area contributed by atoms with Gasteiger partial charge in [-0.1, -0.05) is 6.42 Å². The van der Waals surface area contributed by atoms with Crippen molar-refractivity contribution < 1.29 is 14.0 Å². The number of aromatic nitrogens is 3. The first-order chi connectivity index (χ1) is 15.4. The third-order valence-electron chi connectivity index (χ3n) is 5.72. The van der Waals surface area contributed by atoms with E-state index in [1.807, 2.05) is 42.9 Å². The van der Waals surface area contributed by atoms with Crippen molar-refractivity contribution in [2.75, 3.05) is 0 Å². The van der Waals surface area contributed by atoms with E-state index in [0.717, 1.165) is 19.3 Å². The Morgan fingerprint density at radius 1 is 1.12 bits per heavy atom. The summed E-state index contributed by atoms with van der Waals surface area (Å²) >= 11 is 0. The number of hydrogen-bond acceptors (Lipinski definition) is 3. The fraction of sp³-hybridized carbons (Fsp3) is 0.375. The minimum absolute atomic E-state index is 0.0520. The molecule has 1 saturated carbocycles. The minimum Gasteiger partial charge on any atom is -0.354 e. The molecule has 0 radical (unpaired) electrons. The number of carbonyl (C=O) groups is 2. The highest BCUT2D eigenvalue weighted by Gasteiger charge is 2.30. The number of nitrogens with one attached hydrogen (secondary N) is 2. The van der Waals surface area contributed by atoms with Crippen LogP contribution in [-0.2, 0) is 4.79 Å². The van der Waals surface area contributed by atoms with Gasteiger partial charge in [-0.05, 0) is 69.5 Å². The highest BCUT2D eigenvalue weighted by atomic mass is 19.1. The second-order valence-electron chi connectivity index (χ2n) is 8.56. The lowest BCUT2D eigenvalue weighted by atomic mass is 9.85. The summed E-state index contributed by atoms with van der Waals surface area (Å²) in [5.74, 6) is -0.0471. The second-order valence-corrected chi connectivity index (χ2v) is 8.56. The van der Waals surface area contributed by atoms with Crippen LogP contribution < -0.4 is 10.6 Å². The monoisotopic (exact) mass is 437 g/mol. The van der Waals surface area contributed by atoms with E-state index in [1.54, 1.807) is 16.8 Å². The summed E-state index contributed by atoms with van der Waals surface area (Å²) in [6.07, 6.45) is 8.38. The number of amides is 2. The summed E-state index contributed by atoms with van der Waals surface area (Å²) in [5.41, 5.74) is 1.07. The van der Waals surface area contributed by atoms with Crippen molar-refractivity contribution >= 4 is 11.8 Å². The zero-order chi connectivity index (χ0) is 22.7. The largest absolute Gasteiger partial charge is 0.354 e. The molecular formula is C24H28FN5O2. The van der Waals surface area contributed by atoms with E-state index in [2.05, 4.69) is 15.7 Å². The van der Waals surface area contributed by atoms with E-state index in [1.165, 1.54) is 18.3 Å². The number of carbonyl (C=O) groups excluding carboxylic acids is 2. The SMILES string of the molecule is CC(C)NC(=O)C1CCCC(NC(=O)c2cnn(-c3ccc(F)cc3)c2-n2cccc2)C1. The van der Waals surface area contributed by atoms with Crippen LogP contribution in [0.25, 0.3) is 11.5 Å². The summed E-state index contributed by atoms with van der Waals surface area (Å²) in [5, 5.41) is 10.5. The maximum Gasteiger partial charge on any atom is 0.256 e. The molecule has 2 heterocycles. The van der Waals surface area contributed by atoms with Gasteiger partial charge in [0.05, 0.1) is 11.9 Å². The van der Waals surface area contributed by atoms with Gasteiger partial charge < -0.3 is 15.2 Å². The van der Waals surface area contributed by atoms with Crippen LogP contribution >= 0.6 is 0 Å². The molecule has 168 valence electrons. The molecule has 2 aromatic heterocycles. The number of nitrogens with zero attached hydrogens (tertiary/aromatic N) is 3. The fourth-order valence-electron chi connectivity index (χ4n) is 4.22. The average Bonchev–Trinajstić information content (AvgIpc) is 3.44. The Kier molecular flexibility index (Phi) is 6.39. The molecule has 32 heavy (non-hydrogen) atoms. The van der Waals surface area contributed by atoms with Gasteiger partial charge in [0.2, 0.25) is 5.91 Å². The van der Waals surface area contributed by atoms with Gasteiger partial charge in [-0.3, -0.25) is 9.59 Å². The van der Waals surface area contributed by atoms with Crippen molar-refractivity contribution in [2.45, 2.75) is 51.6 Å². The first-order valence-corrected chi connectivity index (χ1v) is 11.0. The van der Waals surface area contributed by atoms with Crippen molar-refractivity contribution in [3.63, 3.8) is 0 Å². The Morgan fingerprint density at radius 2 is 1.84 bits per heavy atom. The molecule has 0 spiro atoms. The first kappa shape index (κ1) is 21.8. The quantitative estimate of drug-likeness (QED) is 0.618. The number of halogens is 1. The van der Waals surface area contributed by atoms with Gasteiger partial charge in [-0.15, -0.1) is 0 Å². The molecular weight excluding hydrogens is 409 g/mol. The second kappa shape index (κ2) is 9.38. The molecule has 1 fully saturated rings. The van der Waals surface area contributed by atoms with Gasteiger partial charge in [0, 0.05) is 30.4 Å². The molecule has 0 saturated heterocycles. The summed E-state index contributed by atoms with van der Waals surface area (Å²) in [6.45, 7) is 3.89. The summed E-state index contributed by atoms with van der Waals surface area (Å²) in [4.78, 5) is 25.7. The first-order valence-electron chi connectivity index (χ1n) is 11.0. The Morgan fingerprint density at radius 3 is 2.53 bits per heavy atom. The van der Waals surface area contributed by atoms with E-state index in [4.69, 9.17) is 0 Å². The van der Waals surface area contributed by atoms with Crippen LogP contribution in [0.5, 0.6) is 0 Å². The molecule has 4 rings (SSSR count). The Labute approximate surface area is 186 Å². The smallest absolute Gasteiger partial charge is 0.256 e. The van der Waals surface area contributed by atoms with Crippen molar-refractivity contribution in [1.82, 2.24) is 25.0 Å². The van der Waals surface area contributed by atoms with Gasteiger partial charge in [-0.25, -0.2) is 9.07 Å². The molecule has 1 aliphatic carbocycles. The predicted molar refractivity (Wildman–Crippen MR) is 119 cm³/mol. The maximum absolute atomic E-state index is 13.4. The molecule has 2 unspecified atom stereocenters. The van der Waals surface area contributed by atoms with E-state index in [9.17, 15) is 14.0 Å². The molecule has 2 amide bonds. The van der Waals surface area contributed by atoms with Crippen LogP contribution in [0.2, 0.25) is 0 Å². The van der Waals surface area contributed by atoms with Crippen LogP contribution in [0.1, 0.15) is 49.9 Å². The van der Waals surface area contributed by atoms with Gasteiger partial charge >= 0.3 is 0 Å². The molecule has 1 aromatic carbocycles. The van der Waals surface area contributed by atoms with Crippen LogP contribution in [0.15, 0.2) is 55.0 Å². The Hall–Kier alpha value is -3.42. The van der Waals surface area contributed by atoms with Crippen LogP contribution in [-0.4, -0.2) is 38.2 Å². The molecule has 0 bridgehead atoms. The summed E-state index contributed by atoms with van der Waals surface area (Å²) in [7, 11) is 0. The normalized spacial score (nSPS) is 18.5. The lowest BCUT2D eigenvalue weighted by Gasteiger charge is -2.29. The average molecular weight is 438 g/mol. The van der Waals surface area contributed by atoms with Gasteiger partial charge in [0.1, 0.15) is 11.4 Å². The van der Waals surface area contributed by atoms with Gasteiger partial charge in [0.25, 0.3) is 5.91 Å². The Balaban J connectivity index is 1.56. The third-order valence-corrected chi connectivity index (χ3v) is 5.72. The standard InChI is InChI=1S/C24H28FN5O2/c1-16(2)27-22(31)17-6-5-7-19(14-17)28-23(32)21-15-26-30(20-10-8-18(25)9-11-20)24(21)29-12-3-4-13-29/h3-4,8-13,15-17,19H,5-7,14H2,1-2H3,(H,27,31)(H,28,32). The maximum atomic E-state index is 13.4. The molecule has 0 aliphatic heterocycles. The fourth-order valence-corrected chi connectivity index (χ4v) is 4.22. The summed E-state index contributed by atoms with van der Waals surface area (Å²) in [6, 6.07) is 9.71. The number of rotatable bonds is 6. The Bertz CT molecular complexity index is 1070. The zero-order valence-corrected chi connectivity index (χ0v) is 18.3. The zero-order valence-electron chi connectivity index (χ0n) is 18.3. The van der Waals surface area contributed by atoms with E-state index in [-0.39, 0.29) is 35.6 Å². The lowest BCUT2D eigenvalue weighted by molar-refractivity contribution is -0.126. The molecule has 2 atom stereocenters. The molecule has 2 N–H and O–H groups in total. The number of benzene rings is 1. The van der Waals surface area contributed by atoms with Crippen molar-refractivity contribution in [2.24, 2.45) is 5.92 Å². The highest BCUT2D eigenvalue weighted by Crippen LogP contribution is 2.26. The van der Waals surface area contributed by atoms with Crippen molar-refractivity contribution in [3.8, 4) is 11.5 Å². The van der Waals surface area contributed by atoms with E-state index in [0.29, 0.717) is 23.5 Å². The summed E-state index contributed by atoms with van der Waals surface area (Å²) < 4.78 is 16.8. The van der Waals surface area contributed by atoms with Gasteiger partial charge in [-0.2, -0.15) is 5.10 Å². The van der Waals surface area contributed by atoms with Crippen LogP contribution in [0.4, 0.5) is 4.39 Å². The highest BCUT2D eigenvalue weighted by molar-refractivity contribution is 5.97. The predicted octanol–water partition coefficient (Wildman–Crippen LogP) is 3.62. The lowest BCUT2D eigenvalue weighted by Crippen LogP contribution is -2.43. The molecule has 7 nitrogen and oxygen atoms in total. The van der Waals surface area contributed by atoms with Crippen LogP contribution in [0.3, 0.4) is 0 Å². The minimum atomic E-state index is -0.338. The molecule has 3 aromatic rings. The van der Waals surface area contributed by atoms with E-state index >= 15 is 0 Å². The van der Waals surface area contributed by atoms with Gasteiger partial charge in [0.15, 0.2) is 5.82 Å². The topological polar surface area (TPSA) is 81.0 Å². The third kappa shape index (κ3) is 4.74. The van der Waals surface area contributed by atoms with Crippen molar-refractivity contribution in [1.29, 1.82) is 0 Å². The molecule has 1 aliphatic rings. The van der Waals surface area contributed by atoms with E-state index < -0.39 is 0 Å². The van der Waals surface area contributed by atoms with Crippen molar-refractivity contribution in [3.05, 3.63) is 66.4 Å². The number of hydrogen-bond donors (Lipinski definition) is 2.